The molecule has 1 aromatic carbocycles. The van der Waals surface area contributed by atoms with Gasteiger partial charge in [0.2, 0.25) is 0 Å². The van der Waals surface area contributed by atoms with Crippen LogP contribution in [0.15, 0.2) is 24.3 Å². The van der Waals surface area contributed by atoms with Gasteiger partial charge < -0.3 is 33.9 Å². The van der Waals surface area contributed by atoms with E-state index in [9.17, 15) is 14.4 Å². The summed E-state index contributed by atoms with van der Waals surface area (Å²) in [5.74, 6) is 1.80. The number of rotatable bonds is 16. The second-order valence-corrected chi connectivity index (χ2v) is 14.7. The number of methoxy groups -OCH3 is 2. The summed E-state index contributed by atoms with van der Waals surface area (Å²) in [4.78, 5) is 39.3. The largest absolute Gasteiger partial charge is 0.509 e. The standard InChI is InChI=1S/C32H50N2O8S2/c1-34(2)23-26-11-6-9-16-32(26,25-12-10-13-27(21-25)38-3)42-30(37)41-18-20-44-43-19-17-40-29(36)33-24-31(22-28(35)39-4)14-7-5-8-15-31/h10,12-13,21,26H,5-9,11,14-20,22-24H2,1-4H3,(H,33,36)/t26-,32+/m1/s1. The highest BCUT2D eigenvalue weighted by atomic mass is 33.1. The van der Waals surface area contributed by atoms with Crippen molar-refractivity contribution in [3.05, 3.63) is 29.8 Å². The van der Waals surface area contributed by atoms with Crippen LogP contribution in [0.3, 0.4) is 0 Å². The highest BCUT2D eigenvalue weighted by Gasteiger charge is 2.46. The number of benzene rings is 1. The van der Waals surface area contributed by atoms with E-state index in [0.29, 0.717) is 24.5 Å². The van der Waals surface area contributed by atoms with Crippen molar-refractivity contribution in [2.45, 2.75) is 69.8 Å². The molecule has 1 amide bonds. The molecule has 0 bridgehead atoms. The molecule has 2 aliphatic rings. The fourth-order valence-corrected chi connectivity index (χ4v) is 8.04. The molecule has 0 radical (unpaired) electrons. The first-order chi connectivity index (χ1) is 21.2. The normalized spacial score (nSPS) is 21.2. The van der Waals surface area contributed by atoms with Crippen LogP contribution in [0.25, 0.3) is 0 Å². The third kappa shape index (κ3) is 11.2. The maximum absolute atomic E-state index is 13.0. The molecule has 0 aromatic heterocycles. The molecule has 248 valence electrons. The zero-order valence-electron chi connectivity index (χ0n) is 26.7. The van der Waals surface area contributed by atoms with Crippen molar-refractivity contribution in [1.29, 1.82) is 0 Å². The van der Waals surface area contributed by atoms with Crippen LogP contribution < -0.4 is 10.1 Å². The lowest BCUT2D eigenvalue weighted by Crippen LogP contribution is -2.46. The van der Waals surface area contributed by atoms with Gasteiger partial charge in [0.15, 0.2) is 0 Å². The third-order valence-corrected chi connectivity index (χ3v) is 10.9. The molecule has 44 heavy (non-hydrogen) atoms. The monoisotopic (exact) mass is 654 g/mol. The fraction of sp³-hybridized carbons (Fsp3) is 0.719. The fourth-order valence-electron chi connectivity index (χ4n) is 6.39. The minimum Gasteiger partial charge on any atom is -0.497 e. The summed E-state index contributed by atoms with van der Waals surface area (Å²) in [6, 6.07) is 7.80. The number of alkyl carbamates (subject to hydrolysis) is 1. The van der Waals surface area contributed by atoms with Crippen LogP contribution in [0.4, 0.5) is 9.59 Å². The molecule has 0 aliphatic heterocycles. The molecule has 0 saturated heterocycles. The number of carbonyl (C=O) groups excluding carboxylic acids is 3. The highest BCUT2D eigenvalue weighted by molar-refractivity contribution is 8.76. The molecule has 1 aromatic rings. The number of amides is 1. The van der Waals surface area contributed by atoms with E-state index >= 15 is 0 Å². The Bertz CT molecular complexity index is 1050. The summed E-state index contributed by atoms with van der Waals surface area (Å²) in [6.07, 6.45) is 7.96. The summed E-state index contributed by atoms with van der Waals surface area (Å²) in [5.41, 5.74) is -0.0932. The third-order valence-electron chi connectivity index (χ3n) is 8.56. The highest BCUT2D eigenvalue weighted by Crippen LogP contribution is 2.46. The summed E-state index contributed by atoms with van der Waals surface area (Å²) < 4.78 is 27.4. The van der Waals surface area contributed by atoms with E-state index in [4.69, 9.17) is 23.7 Å². The number of nitrogens with one attached hydrogen (secondary N) is 1. The van der Waals surface area contributed by atoms with Crippen LogP contribution in [-0.2, 0) is 29.3 Å². The Kier molecular flexibility index (Phi) is 15.3. The zero-order valence-corrected chi connectivity index (χ0v) is 28.4. The Morgan fingerprint density at radius 1 is 0.955 bits per heavy atom. The average molecular weight is 655 g/mol. The maximum atomic E-state index is 13.0. The summed E-state index contributed by atoms with van der Waals surface area (Å²) >= 11 is 0. The topological polar surface area (TPSA) is 113 Å². The molecule has 1 N–H and O–H groups in total. The van der Waals surface area contributed by atoms with Crippen molar-refractivity contribution in [1.82, 2.24) is 10.2 Å². The van der Waals surface area contributed by atoms with Gasteiger partial charge in [-0.2, -0.15) is 0 Å². The van der Waals surface area contributed by atoms with Crippen LogP contribution in [-0.4, -0.2) is 89.2 Å². The Balaban J connectivity index is 1.38. The van der Waals surface area contributed by atoms with E-state index in [1.807, 2.05) is 38.4 Å². The Morgan fingerprint density at radius 3 is 2.34 bits per heavy atom. The van der Waals surface area contributed by atoms with Gasteiger partial charge in [0, 0.05) is 30.5 Å². The maximum Gasteiger partial charge on any atom is 0.509 e. The lowest BCUT2D eigenvalue weighted by atomic mass is 9.71. The van der Waals surface area contributed by atoms with E-state index in [1.54, 1.807) is 28.7 Å². The first-order valence-electron chi connectivity index (χ1n) is 15.6. The van der Waals surface area contributed by atoms with Gasteiger partial charge >= 0.3 is 18.2 Å². The van der Waals surface area contributed by atoms with Crippen molar-refractivity contribution < 1.29 is 38.1 Å². The minimum absolute atomic E-state index is 0.133. The van der Waals surface area contributed by atoms with E-state index < -0.39 is 17.8 Å². The second-order valence-electron chi connectivity index (χ2n) is 12.0. The molecule has 2 atom stereocenters. The SMILES string of the molecule is COC(=O)CC1(CNC(=O)OCCSSCCOC(=O)O[C@]2(c3cccc(OC)c3)CCCC[C@@H]2CN(C)C)CCCCC1. The quantitative estimate of drug-likeness (QED) is 0.0923. The van der Waals surface area contributed by atoms with Crippen LogP contribution in [0.1, 0.15) is 69.8 Å². The molecule has 0 heterocycles. The molecule has 12 heteroatoms. The van der Waals surface area contributed by atoms with Crippen molar-refractivity contribution >= 4 is 39.8 Å². The number of carbonyl (C=O) groups is 3. The van der Waals surface area contributed by atoms with Crippen LogP contribution in [0.2, 0.25) is 0 Å². The first kappa shape index (κ1) is 36.2. The molecule has 0 spiro atoms. The van der Waals surface area contributed by atoms with Gasteiger partial charge in [-0.25, -0.2) is 9.59 Å². The molecular weight excluding hydrogens is 604 g/mol. The van der Waals surface area contributed by atoms with Crippen LogP contribution in [0, 0.1) is 11.3 Å². The smallest absolute Gasteiger partial charge is 0.497 e. The predicted octanol–water partition coefficient (Wildman–Crippen LogP) is 6.42. The molecule has 2 fully saturated rings. The lowest BCUT2D eigenvalue weighted by Gasteiger charge is -2.44. The summed E-state index contributed by atoms with van der Waals surface area (Å²) in [6.45, 7) is 1.68. The van der Waals surface area contributed by atoms with Crippen molar-refractivity contribution in [3.8, 4) is 5.75 Å². The van der Waals surface area contributed by atoms with Crippen LogP contribution in [0.5, 0.6) is 5.75 Å². The minimum atomic E-state index is -0.774. The first-order valence-corrected chi connectivity index (χ1v) is 18.1. The molecule has 0 unspecified atom stereocenters. The average Bonchev–Trinajstić information content (AvgIpc) is 3.02. The molecule has 3 rings (SSSR count). The Morgan fingerprint density at radius 2 is 1.66 bits per heavy atom. The Labute approximate surface area is 270 Å². The number of esters is 1. The van der Waals surface area contributed by atoms with Crippen LogP contribution >= 0.6 is 21.6 Å². The predicted molar refractivity (Wildman–Crippen MR) is 174 cm³/mol. The number of ether oxygens (including phenoxy) is 5. The van der Waals surface area contributed by atoms with E-state index in [-0.39, 0.29) is 30.5 Å². The number of hydrogen-bond acceptors (Lipinski definition) is 11. The van der Waals surface area contributed by atoms with Crippen molar-refractivity contribution in [3.63, 3.8) is 0 Å². The van der Waals surface area contributed by atoms with E-state index in [2.05, 4.69) is 10.2 Å². The molecular formula is C32H50N2O8S2. The number of nitrogens with zero attached hydrogens (tertiary/aromatic N) is 1. The molecule has 10 nitrogen and oxygen atoms in total. The van der Waals surface area contributed by atoms with E-state index in [1.165, 1.54) is 7.11 Å². The number of hydrogen-bond donors (Lipinski definition) is 1. The zero-order chi connectivity index (χ0) is 31.8. The Hall–Kier alpha value is -2.31. The second kappa shape index (κ2) is 18.6. The molecule has 2 aliphatic carbocycles. The van der Waals surface area contributed by atoms with Crippen molar-refractivity contribution in [2.24, 2.45) is 11.3 Å². The van der Waals surface area contributed by atoms with E-state index in [0.717, 1.165) is 75.6 Å². The van der Waals surface area contributed by atoms with Gasteiger partial charge in [-0.15, -0.1) is 0 Å². The van der Waals surface area contributed by atoms with Gasteiger partial charge in [-0.3, -0.25) is 4.79 Å². The summed E-state index contributed by atoms with van der Waals surface area (Å²) in [7, 11) is 10.2. The molecule has 2 saturated carbocycles. The van der Waals surface area contributed by atoms with Gasteiger partial charge in [0.05, 0.1) is 20.6 Å². The van der Waals surface area contributed by atoms with Crippen molar-refractivity contribution in [2.75, 3.05) is 66.1 Å². The lowest BCUT2D eigenvalue weighted by molar-refractivity contribution is -0.144. The van der Waals surface area contributed by atoms with Gasteiger partial charge in [-0.1, -0.05) is 59.4 Å². The van der Waals surface area contributed by atoms with Gasteiger partial charge in [0.1, 0.15) is 24.6 Å². The van der Waals surface area contributed by atoms with Gasteiger partial charge in [0.25, 0.3) is 0 Å². The van der Waals surface area contributed by atoms with Gasteiger partial charge in [-0.05, 0) is 69.3 Å². The summed E-state index contributed by atoms with van der Waals surface area (Å²) in [5, 5.41) is 2.85.